The van der Waals surface area contributed by atoms with Crippen LogP contribution in [0.4, 0.5) is 0 Å². The van der Waals surface area contributed by atoms with Crippen LogP contribution < -0.4 is 0 Å². The van der Waals surface area contributed by atoms with Crippen LogP contribution in [0.5, 0.6) is 0 Å². The van der Waals surface area contributed by atoms with Crippen LogP contribution in [0.25, 0.3) is 0 Å². The van der Waals surface area contributed by atoms with Crippen LogP contribution in [0.2, 0.25) is 0 Å². The molecule has 1 fully saturated rings. The highest BCUT2D eigenvalue weighted by Gasteiger charge is 2.56. The second-order valence-corrected chi connectivity index (χ2v) is 5.78. The molecular weight excluding hydrogens is 164 g/mol. The van der Waals surface area contributed by atoms with Crippen molar-refractivity contribution in [2.75, 3.05) is 6.26 Å². The van der Waals surface area contributed by atoms with Gasteiger partial charge in [-0.05, 0) is 35.3 Å². The Balaban J connectivity index is 2.43. The van der Waals surface area contributed by atoms with Gasteiger partial charge in [0.15, 0.2) is 0 Å². The Bertz CT molecular complexity index is 239. The predicted molar refractivity (Wildman–Crippen MR) is 56.2 cm³/mol. The normalized spacial score (nSPS) is 43.3. The van der Waals surface area contributed by atoms with Crippen molar-refractivity contribution in [3.05, 3.63) is 11.0 Å². The largest absolute Gasteiger partial charge is 0.134 e. The van der Waals surface area contributed by atoms with Gasteiger partial charge in [0, 0.05) is 5.41 Å². The Morgan fingerprint density at radius 2 is 2.08 bits per heavy atom. The van der Waals surface area contributed by atoms with E-state index in [1.807, 2.05) is 11.8 Å². The van der Waals surface area contributed by atoms with E-state index in [0.29, 0.717) is 10.8 Å². The lowest BCUT2D eigenvalue weighted by Crippen LogP contribution is -2.29. The molecule has 12 heavy (non-hydrogen) atoms. The Morgan fingerprint density at radius 3 is 2.33 bits per heavy atom. The maximum Gasteiger partial charge on any atom is 0.00382 e. The lowest BCUT2D eigenvalue weighted by Gasteiger charge is -2.36. The van der Waals surface area contributed by atoms with Crippen molar-refractivity contribution in [1.29, 1.82) is 0 Å². The van der Waals surface area contributed by atoms with Gasteiger partial charge in [0.05, 0.1) is 0 Å². The van der Waals surface area contributed by atoms with Crippen LogP contribution >= 0.6 is 11.8 Å². The highest BCUT2D eigenvalue weighted by atomic mass is 32.2. The average molecular weight is 182 g/mol. The molecule has 2 aliphatic carbocycles. The molecule has 0 aromatic rings. The van der Waals surface area contributed by atoms with Crippen LogP contribution in [0, 0.1) is 16.7 Å². The van der Waals surface area contributed by atoms with Crippen molar-refractivity contribution in [3.63, 3.8) is 0 Å². The topological polar surface area (TPSA) is 0 Å². The quantitative estimate of drug-likeness (QED) is 0.596. The molecule has 68 valence electrons. The lowest BCUT2D eigenvalue weighted by atomic mass is 9.70. The van der Waals surface area contributed by atoms with Crippen molar-refractivity contribution < 1.29 is 0 Å². The summed E-state index contributed by atoms with van der Waals surface area (Å²) in [6.07, 6.45) is 7.55. The van der Waals surface area contributed by atoms with E-state index in [1.54, 1.807) is 4.91 Å². The molecule has 2 atom stereocenters. The average Bonchev–Trinajstić information content (AvgIpc) is 2.34. The van der Waals surface area contributed by atoms with Gasteiger partial charge >= 0.3 is 0 Å². The zero-order chi connectivity index (χ0) is 8.98. The van der Waals surface area contributed by atoms with Gasteiger partial charge in [-0.3, -0.25) is 0 Å². The predicted octanol–water partition coefficient (Wildman–Crippen LogP) is 3.69. The van der Waals surface area contributed by atoms with Gasteiger partial charge in [0.1, 0.15) is 0 Å². The fourth-order valence-corrected chi connectivity index (χ4v) is 4.04. The van der Waals surface area contributed by atoms with Crippen LogP contribution in [-0.4, -0.2) is 6.26 Å². The van der Waals surface area contributed by atoms with Gasteiger partial charge < -0.3 is 0 Å². The molecule has 0 radical (unpaired) electrons. The molecule has 0 heterocycles. The van der Waals surface area contributed by atoms with E-state index < -0.39 is 0 Å². The van der Waals surface area contributed by atoms with Gasteiger partial charge in [0.25, 0.3) is 0 Å². The highest BCUT2D eigenvalue weighted by molar-refractivity contribution is 8.02. The molecule has 1 saturated carbocycles. The highest BCUT2D eigenvalue weighted by Crippen LogP contribution is 2.66. The molecule has 0 spiro atoms. The zero-order valence-electron chi connectivity index (χ0n) is 8.48. The summed E-state index contributed by atoms with van der Waals surface area (Å²) < 4.78 is 0. The molecule has 0 saturated heterocycles. The van der Waals surface area contributed by atoms with E-state index in [9.17, 15) is 0 Å². The Labute approximate surface area is 79.8 Å². The van der Waals surface area contributed by atoms with E-state index in [0.717, 1.165) is 5.92 Å². The van der Waals surface area contributed by atoms with Crippen LogP contribution in [-0.2, 0) is 0 Å². The fourth-order valence-electron chi connectivity index (χ4n) is 2.93. The molecule has 1 unspecified atom stereocenters. The van der Waals surface area contributed by atoms with Gasteiger partial charge in [-0.25, -0.2) is 0 Å². The molecule has 0 aliphatic heterocycles. The summed E-state index contributed by atoms with van der Waals surface area (Å²) in [6, 6.07) is 0. The minimum atomic E-state index is 0.497. The smallest absolute Gasteiger partial charge is 0.00382 e. The zero-order valence-corrected chi connectivity index (χ0v) is 9.29. The van der Waals surface area contributed by atoms with E-state index in [4.69, 9.17) is 0 Å². The SMILES string of the molecule is CSC1=CC2CC[C@]1(C)C2(C)C. The molecule has 1 heteroatoms. The summed E-state index contributed by atoms with van der Waals surface area (Å²) in [6.45, 7) is 7.32. The molecule has 0 aromatic heterocycles. The van der Waals surface area contributed by atoms with Crippen molar-refractivity contribution in [2.45, 2.75) is 33.6 Å². The summed E-state index contributed by atoms with van der Waals surface area (Å²) >= 11 is 1.96. The summed E-state index contributed by atoms with van der Waals surface area (Å²) in [5, 5.41) is 0. The molecule has 0 amide bonds. The number of hydrogen-bond donors (Lipinski definition) is 0. The Morgan fingerprint density at radius 1 is 1.42 bits per heavy atom. The number of rotatable bonds is 1. The lowest BCUT2D eigenvalue weighted by molar-refractivity contribution is 0.179. The second-order valence-electron chi connectivity index (χ2n) is 4.93. The first kappa shape index (κ1) is 8.68. The fraction of sp³-hybridized carbons (Fsp3) is 0.818. The molecule has 0 N–H and O–H groups in total. The molecule has 2 bridgehead atoms. The number of allylic oxidation sites excluding steroid dienone is 2. The summed E-state index contributed by atoms with van der Waals surface area (Å²) in [7, 11) is 0. The van der Waals surface area contributed by atoms with E-state index in [2.05, 4.69) is 33.1 Å². The molecule has 0 nitrogen and oxygen atoms in total. The summed E-state index contributed by atoms with van der Waals surface area (Å²) in [5.74, 6) is 0.852. The van der Waals surface area contributed by atoms with Crippen LogP contribution in [0.15, 0.2) is 11.0 Å². The minimum Gasteiger partial charge on any atom is -0.134 e. The second kappa shape index (κ2) is 2.31. The standard InChI is InChI=1S/C11H18S/c1-10(2)8-5-6-11(10,3)9(7-8)12-4/h7-8H,5-6H2,1-4H3/t8?,11-/m0/s1. The Hall–Kier alpha value is 0.0900. The van der Waals surface area contributed by atoms with Crippen molar-refractivity contribution in [2.24, 2.45) is 16.7 Å². The van der Waals surface area contributed by atoms with Gasteiger partial charge in [0.2, 0.25) is 0 Å². The summed E-state index contributed by atoms with van der Waals surface area (Å²) in [4.78, 5) is 1.64. The Kier molecular flexibility index (Phi) is 1.67. The van der Waals surface area contributed by atoms with E-state index in [-0.39, 0.29) is 0 Å². The first-order chi connectivity index (χ1) is 5.52. The van der Waals surface area contributed by atoms with Gasteiger partial charge in [-0.2, -0.15) is 0 Å². The van der Waals surface area contributed by atoms with Crippen molar-refractivity contribution >= 4 is 11.8 Å². The summed E-state index contributed by atoms with van der Waals surface area (Å²) in [5.41, 5.74) is 1.02. The minimum absolute atomic E-state index is 0.497. The number of fused-ring (bicyclic) bond motifs is 2. The third-order valence-corrected chi connectivity index (χ3v) is 5.45. The van der Waals surface area contributed by atoms with Crippen molar-refractivity contribution in [3.8, 4) is 0 Å². The van der Waals surface area contributed by atoms with Crippen LogP contribution in [0.1, 0.15) is 33.6 Å². The first-order valence-electron chi connectivity index (χ1n) is 4.78. The maximum absolute atomic E-state index is 2.52. The van der Waals surface area contributed by atoms with Gasteiger partial charge in [-0.15, -0.1) is 11.8 Å². The third-order valence-electron chi connectivity index (χ3n) is 4.42. The van der Waals surface area contributed by atoms with Gasteiger partial charge in [-0.1, -0.05) is 26.8 Å². The molecule has 0 aromatic carbocycles. The monoisotopic (exact) mass is 182 g/mol. The van der Waals surface area contributed by atoms with Crippen LogP contribution in [0.3, 0.4) is 0 Å². The molecule has 2 aliphatic rings. The molecule has 2 rings (SSSR count). The maximum atomic E-state index is 2.52. The first-order valence-corrected chi connectivity index (χ1v) is 6.01. The van der Waals surface area contributed by atoms with E-state index in [1.165, 1.54) is 12.8 Å². The third kappa shape index (κ3) is 0.761. The number of thioether (sulfide) groups is 1. The van der Waals surface area contributed by atoms with Crippen molar-refractivity contribution in [1.82, 2.24) is 0 Å². The van der Waals surface area contributed by atoms with E-state index >= 15 is 0 Å². The molecular formula is C11H18S. The number of hydrogen-bond acceptors (Lipinski definition) is 1.